The number of halogens is 1. The van der Waals surface area contributed by atoms with Crippen molar-refractivity contribution in [3.63, 3.8) is 0 Å². The van der Waals surface area contributed by atoms with Gasteiger partial charge in [0.15, 0.2) is 0 Å². The molecule has 1 aliphatic rings. The normalized spacial score (nSPS) is 17.7. The lowest BCUT2D eigenvalue weighted by Crippen LogP contribution is -2.49. The molecule has 2 atom stereocenters. The average molecular weight is 479 g/mol. The minimum Gasteiger partial charge on any atom is -0.465 e. The van der Waals surface area contributed by atoms with Crippen molar-refractivity contribution in [2.75, 3.05) is 12.0 Å². The highest BCUT2D eigenvalue weighted by atomic mass is 35.5. The third-order valence-corrected chi connectivity index (χ3v) is 7.68. The number of nitrogens with zero attached hydrogens (tertiary/aromatic N) is 2. The summed E-state index contributed by atoms with van der Waals surface area (Å²) in [6.07, 6.45) is 0.160. The Morgan fingerprint density at radius 1 is 1.16 bits per heavy atom. The van der Waals surface area contributed by atoms with Crippen LogP contribution in [0.4, 0.5) is 5.69 Å². The van der Waals surface area contributed by atoms with Crippen LogP contribution in [-0.2, 0) is 24.3 Å². The topological polar surface area (TPSA) is 101 Å². The Hall–Kier alpha value is -2.75. The number of anilines is 1. The average Bonchev–Trinajstić information content (AvgIpc) is 3.06. The maximum absolute atomic E-state index is 13.4. The molecule has 0 radical (unpaired) electrons. The van der Waals surface area contributed by atoms with Crippen LogP contribution < -0.4 is 4.90 Å². The summed E-state index contributed by atoms with van der Waals surface area (Å²) in [5.41, 5.74) is 0.515. The summed E-state index contributed by atoms with van der Waals surface area (Å²) in [6, 6.07) is 9.72. The van der Waals surface area contributed by atoms with E-state index in [9.17, 15) is 22.8 Å². The molecule has 1 saturated heterocycles. The molecule has 0 aliphatic carbocycles. The van der Waals surface area contributed by atoms with E-state index in [-0.39, 0.29) is 22.6 Å². The molecule has 1 fully saturated rings. The Labute approximate surface area is 191 Å². The smallest absolute Gasteiger partial charge is 0.337 e. The molecule has 170 valence electrons. The zero-order valence-corrected chi connectivity index (χ0v) is 19.4. The number of rotatable bonds is 7. The number of imide groups is 1. The number of amides is 2. The van der Waals surface area contributed by atoms with Crippen molar-refractivity contribution in [1.29, 1.82) is 0 Å². The molecule has 1 heterocycles. The molecule has 0 spiro atoms. The van der Waals surface area contributed by atoms with E-state index in [0.29, 0.717) is 11.4 Å². The second-order valence-electron chi connectivity index (χ2n) is 7.37. The summed E-state index contributed by atoms with van der Waals surface area (Å²) in [6.45, 7) is 3.50. The number of benzene rings is 2. The Balaban J connectivity index is 1.97. The first-order valence-electron chi connectivity index (χ1n) is 9.96. The predicted octanol–water partition coefficient (Wildman–Crippen LogP) is 3.25. The summed E-state index contributed by atoms with van der Waals surface area (Å²) in [5.74, 6) is -1.71. The Morgan fingerprint density at radius 3 is 2.28 bits per heavy atom. The van der Waals surface area contributed by atoms with Crippen molar-refractivity contribution in [2.24, 2.45) is 0 Å². The van der Waals surface area contributed by atoms with E-state index in [1.165, 1.54) is 55.6 Å². The molecule has 2 aromatic carbocycles. The highest BCUT2D eigenvalue weighted by molar-refractivity contribution is 7.89. The lowest BCUT2D eigenvalue weighted by molar-refractivity contribution is -0.122. The first-order valence-corrected chi connectivity index (χ1v) is 11.8. The first kappa shape index (κ1) is 23.9. The van der Waals surface area contributed by atoms with Gasteiger partial charge in [0.25, 0.3) is 5.91 Å². The fraction of sp³-hybridized carbons (Fsp3) is 0.318. The van der Waals surface area contributed by atoms with Crippen molar-refractivity contribution in [3.8, 4) is 0 Å². The standard InChI is InChI=1S/C22H23ClN2O6S/c1-4-14(2)25(32(29,30)18-11-7-16(23)8-12-18)19-13-20(26)24(21(19)27)17-9-5-15(6-10-17)22(28)31-3/h5-12,14,19H,4,13H2,1-3H3. The molecular formula is C22H23ClN2O6S. The van der Waals surface area contributed by atoms with E-state index < -0.39 is 39.9 Å². The van der Waals surface area contributed by atoms with Gasteiger partial charge in [-0.25, -0.2) is 18.1 Å². The van der Waals surface area contributed by atoms with E-state index in [0.717, 1.165) is 9.21 Å². The van der Waals surface area contributed by atoms with Crippen molar-refractivity contribution in [3.05, 3.63) is 59.1 Å². The van der Waals surface area contributed by atoms with Gasteiger partial charge in [-0.1, -0.05) is 18.5 Å². The van der Waals surface area contributed by atoms with Crippen LogP contribution >= 0.6 is 11.6 Å². The SMILES string of the molecule is CCC(C)N(C1CC(=O)N(c2ccc(C(=O)OC)cc2)C1=O)S(=O)(=O)c1ccc(Cl)cc1. The Kier molecular flexibility index (Phi) is 7.02. The second-order valence-corrected chi connectivity index (χ2v) is 9.65. The third-order valence-electron chi connectivity index (χ3n) is 5.39. The molecule has 10 heteroatoms. The molecule has 0 aromatic heterocycles. The maximum Gasteiger partial charge on any atom is 0.337 e. The fourth-order valence-electron chi connectivity index (χ4n) is 3.57. The highest BCUT2D eigenvalue weighted by Gasteiger charge is 2.48. The van der Waals surface area contributed by atoms with Crippen molar-refractivity contribution in [1.82, 2.24) is 4.31 Å². The Morgan fingerprint density at radius 2 is 1.75 bits per heavy atom. The monoisotopic (exact) mass is 478 g/mol. The van der Waals surface area contributed by atoms with Crippen molar-refractivity contribution >= 4 is 45.1 Å². The van der Waals surface area contributed by atoms with E-state index in [4.69, 9.17) is 11.6 Å². The van der Waals surface area contributed by atoms with Gasteiger partial charge in [0.1, 0.15) is 6.04 Å². The molecule has 0 bridgehead atoms. The second kappa shape index (κ2) is 9.40. The minimum absolute atomic E-state index is 0.0108. The van der Waals surface area contributed by atoms with Crippen molar-refractivity contribution in [2.45, 2.75) is 43.7 Å². The van der Waals surface area contributed by atoms with Crippen LogP contribution in [0.2, 0.25) is 5.02 Å². The molecule has 8 nitrogen and oxygen atoms in total. The number of carbonyl (C=O) groups is 3. The zero-order chi connectivity index (χ0) is 23.6. The van der Waals surface area contributed by atoms with Gasteiger partial charge in [-0.3, -0.25) is 9.59 Å². The van der Waals surface area contributed by atoms with Gasteiger partial charge in [0, 0.05) is 11.1 Å². The quantitative estimate of drug-likeness (QED) is 0.447. The first-order chi connectivity index (χ1) is 15.1. The number of sulfonamides is 1. The molecule has 2 unspecified atom stereocenters. The highest BCUT2D eigenvalue weighted by Crippen LogP contribution is 2.32. The van der Waals surface area contributed by atoms with Crippen LogP contribution in [0.1, 0.15) is 37.0 Å². The van der Waals surface area contributed by atoms with Gasteiger partial charge in [-0.15, -0.1) is 0 Å². The van der Waals surface area contributed by atoms with E-state index in [1.54, 1.807) is 13.8 Å². The van der Waals surface area contributed by atoms with Crippen LogP contribution in [0.15, 0.2) is 53.4 Å². The number of ether oxygens (including phenoxy) is 1. The van der Waals surface area contributed by atoms with Crippen molar-refractivity contribution < 1.29 is 27.5 Å². The largest absolute Gasteiger partial charge is 0.465 e. The van der Waals surface area contributed by atoms with Gasteiger partial charge in [0.2, 0.25) is 15.9 Å². The fourth-order valence-corrected chi connectivity index (χ4v) is 5.54. The minimum atomic E-state index is -4.08. The lowest BCUT2D eigenvalue weighted by atomic mass is 10.2. The zero-order valence-electron chi connectivity index (χ0n) is 17.8. The molecule has 0 saturated carbocycles. The molecule has 3 rings (SSSR count). The third kappa shape index (κ3) is 4.41. The van der Waals surface area contributed by atoms with Gasteiger partial charge in [0.05, 0.1) is 29.7 Å². The molecular weight excluding hydrogens is 456 g/mol. The Bertz CT molecular complexity index is 1130. The molecule has 0 N–H and O–H groups in total. The molecule has 2 amide bonds. The van der Waals surface area contributed by atoms with Crippen LogP contribution in [0.3, 0.4) is 0 Å². The maximum atomic E-state index is 13.4. The number of hydrogen-bond acceptors (Lipinski definition) is 6. The lowest BCUT2D eigenvalue weighted by Gasteiger charge is -2.31. The van der Waals surface area contributed by atoms with Crippen LogP contribution in [0.5, 0.6) is 0 Å². The predicted molar refractivity (Wildman–Crippen MR) is 119 cm³/mol. The summed E-state index contributed by atoms with van der Waals surface area (Å²) in [4.78, 5) is 38.6. The molecule has 32 heavy (non-hydrogen) atoms. The number of carbonyl (C=O) groups excluding carboxylic acids is 3. The number of methoxy groups -OCH3 is 1. The summed E-state index contributed by atoms with van der Waals surface area (Å²) in [7, 11) is -2.83. The molecule has 2 aromatic rings. The van der Waals surface area contributed by atoms with Gasteiger partial charge >= 0.3 is 5.97 Å². The van der Waals surface area contributed by atoms with Crippen LogP contribution in [-0.4, -0.2) is 49.7 Å². The van der Waals surface area contributed by atoms with E-state index in [1.807, 2.05) is 0 Å². The van der Waals surface area contributed by atoms with Gasteiger partial charge < -0.3 is 4.74 Å². The summed E-state index contributed by atoms with van der Waals surface area (Å²) >= 11 is 5.88. The number of hydrogen-bond donors (Lipinski definition) is 0. The summed E-state index contributed by atoms with van der Waals surface area (Å²) in [5, 5.41) is 0.382. The van der Waals surface area contributed by atoms with Gasteiger partial charge in [-0.2, -0.15) is 4.31 Å². The summed E-state index contributed by atoms with van der Waals surface area (Å²) < 4.78 is 32.6. The number of esters is 1. The van der Waals surface area contributed by atoms with Gasteiger partial charge in [-0.05, 0) is 61.9 Å². The van der Waals surface area contributed by atoms with Crippen LogP contribution in [0, 0.1) is 0 Å². The van der Waals surface area contributed by atoms with E-state index >= 15 is 0 Å². The van der Waals surface area contributed by atoms with Crippen LogP contribution in [0.25, 0.3) is 0 Å². The van der Waals surface area contributed by atoms with E-state index in [2.05, 4.69) is 4.74 Å². The molecule has 1 aliphatic heterocycles.